The topological polar surface area (TPSA) is 93.7 Å². The van der Waals surface area contributed by atoms with Crippen molar-refractivity contribution in [3.63, 3.8) is 0 Å². The summed E-state index contributed by atoms with van der Waals surface area (Å²) in [7, 11) is 3.23. The van der Waals surface area contributed by atoms with Crippen molar-refractivity contribution in [2.24, 2.45) is 0 Å². The van der Waals surface area contributed by atoms with E-state index in [0.717, 1.165) is 24.2 Å². The number of carbonyl (C=O) groups is 2. The van der Waals surface area contributed by atoms with Gasteiger partial charge in [0.05, 0.1) is 13.7 Å². The van der Waals surface area contributed by atoms with Crippen molar-refractivity contribution < 1.29 is 19.1 Å². The van der Waals surface area contributed by atoms with Gasteiger partial charge in [-0.1, -0.05) is 50.4 Å². The molecular weight excluding hydrogens is 440 g/mol. The van der Waals surface area contributed by atoms with E-state index >= 15 is 0 Å². The van der Waals surface area contributed by atoms with Gasteiger partial charge in [0.2, 0.25) is 16.9 Å². The van der Waals surface area contributed by atoms with Crippen LogP contribution in [0.5, 0.6) is 5.75 Å². The smallest absolute Gasteiger partial charge is 0.227 e. The Hall–Kier alpha value is -2.52. The first kappa shape index (κ1) is 26.7. The normalized spacial score (nSPS) is 10.8. The second-order valence-corrected chi connectivity index (χ2v) is 8.81. The van der Waals surface area contributed by atoms with Gasteiger partial charge in [0.1, 0.15) is 10.8 Å². The predicted molar refractivity (Wildman–Crippen MR) is 132 cm³/mol. The van der Waals surface area contributed by atoms with Crippen molar-refractivity contribution in [2.45, 2.75) is 58.3 Å². The molecule has 1 N–H and O–H groups in total. The molecule has 33 heavy (non-hydrogen) atoms. The number of nitrogens with zero attached hydrogens (tertiary/aromatic N) is 3. The summed E-state index contributed by atoms with van der Waals surface area (Å²) in [4.78, 5) is 26.8. The Morgan fingerprint density at radius 1 is 0.970 bits per heavy atom. The zero-order valence-electron chi connectivity index (χ0n) is 20.0. The van der Waals surface area contributed by atoms with E-state index in [1.165, 1.54) is 37.0 Å². The van der Waals surface area contributed by atoms with E-state index in [4.69, 9.17) is 9.47 Å². The second-order valence-electron chi connectivity index (χ2n) is 7.83. The Bertz CT molecular complexity index is 841. The lowest BCUT2D eigenvalue weighted by molar-refractivity contribution is -0.132. The first-order chi connectivity index (χ1) is 16.1. The number of nitrogens with one attached hydrogen (secondary N) is 1. The Balaban J connectivity index is 1.80. The Kier molecular flexibility index (Phi) is 12.4. The molecule has 0 unspecified atom stereocenters. The lowest BCUT2D eigenvalue weighted by Gasteiger charge is -2.22. The number of aromatic nitrogens is 2. The molecule has 2 rings (SSSR count). The lowest BCUT2D eigenvalue weighted by atomic mass is 10.1. The molecule has 0 aliphatic rings. The molecule has 0 saturated carbocycles. The van der Waals surface area contributed by atoms with Crippen LogP contribution >= 0.6 is 11.3 Å². The summed E-state index contributed by atoms with van der Waals surface area (Å²) < 4.78 is 10.3. The first-order valence-corrected chi connectivity index (χ1v) is 12.4. The molecular formula is C24H36N4O4S. The minimum atomic E-state index is -0.192. The monoisotopic (exact) mass is 476 g/mol. The summed E-state index contributed by atoms with van der Waals surface area (Å²) >= 11 is 1.31. The van der Waals surface area contributed by atoms with Gasteiger partial charge in [-0.05, 0) is 30.7 Å². The van der Waals surface area contributed by atoms with Gasteiger partial charge in [-0.2, -0.15) is 0 Å². The Morgan fingerprint density at radius 3 is 2.39 bits per heavy atom. The fraction of sp³-hybridized carbons (Fsp3) is 0.583. The molecule has 8 nitrogen and oxygen atoms in total. The molecule has 0 fully saturated rings. The molecule has 0 saturated heterocycles. The fourth-order valence-corrected chi connectivity index (χ4v) is 4.08. The lowest BCUT2D eigenvalue weighted by Crippen LogP contribution is -2.36. The molecule has 0 aliphatic carbocycles. The zero-order valence-corrected chi connectivity index (χ0v) is 20.8. The van der Waals surface area contributed by atoms with Crippen molar-refractivity contribution in [3.05, 3.63) is 24.3 Å². The largest absolute Gasteiger partial charge is 0.497 e. The van der Waals surface area contributed by atoms with Crippen LogP contribution in [-0.2, 0) is 14.3 Å². The third kappa shape index (κ3) is 9.88. The van der Waals surface area contributed by atoms with E-state index in [2.05, 4.69) is 22.4 Å². The van der Waals surface area contributed by atoms with Crippen LogP contribution in [0, 0.1) is 0 Å². The van der Waals surface area contributed by atoms with Gasteiger partial charge in [-0.3, -0.25) is 9.59 Å². The highest BCUT2D eigenvalue weighted by Gasteiger charge is 2.16. The Morgan fingerprint density at radius 2 is 1.70 bits per heavy atom. The summed E-state index contributed by atoms with van der Waals surface area (Å²) in [6.07, 6.45) is 7.52. The quantitative estimate of drug-likeness (QED) is 0.351. The summed E-state index contributed by atoms with van der Waals surface area (Å²) in [6, 6.07) is 7.50. The molecule has 1 aromatic heterocycles. The molecule has 1 heterocycles. The summed E-state index contributed by atoms with van der Waals surface area (Å²) in [5.41, 5.74) is 0.903. The number of unbranched alkanes of at least 4 members (excludes halogenated alkanes) is 5. The second kappa shape index (κ2) is 15.3. The van der Waals surface area contributed by atoms with Gasteiger partial charge in [0, 0.05) is 38.6 Å². The maximum Gasteiger partial charge on any atom is 0.227 e. The molecule has 0 aliphatic heterocycles. The van der Waals surface area contributed by atoms with Gasteiger partial charge < -0.3 is 19.7 Å². The molecule has 1 aromatic carbocycles. The van der Waals surface area contributed by atoms with E-state index < -0.39 is 0 Å². The Labute approximate surface area is 200 Å². The predicted octanol–water partition coefficient (Wildman–Crippen LogP) is 4.77. The molecule has 0 bridgehead atoms. The van der Waals surface area contributed by atoms with Crippen LogP contribution in [0.15, 0.2) is 24.3 Å². The fourth-order valence-electron chi connectivity index (χ4n) is 3.32. The maximum absolute atomic E-state index is 12.6. The summed E-state index contributed by atoms with van der Waals surface area (Å²) in [6.45, 7) is 3.48. The molecule has 0 radical (unpaired) electrons. The van der Waals surface area contributed by atoms with Gasteiger partial charge in [0.25, 0.3) is 0 Å². The molecule has 0 atom stereocenters. The van der Waals surface area contributed by atoms with Crippen molar-refractivity contribution >= 4 is 28.3 Å². The minimum absolute atomic E-state index is 0.0769. The van der Waals surface area contributed by atoms with Crippen LogP contribution in [0.1, 0.15) is 58.3 Å². The van der Waals surface area contributed by atoms with Crippen LogP contribution < -0.4 is 10.1 Å². The number of carbonyl (C=O) groups excluding carboxylic acids is 2. The van der Waals surface area contributed by atoms with E-state index in [0.29, 0.717) is 36.3 Å². The summed E-state index contributed by atoms with van der Waals surface area (Å²) in [5, 5.41) is 12.2. The zero-order chi connectivity index (χ0) is 23.9. The van der Waals surface area contributed by atoms with Crippen molar-refractivity contribution in [3.8, 4) is 16.3 Å². The van der Waals surface area contributed by atoms with Crippen LogP contribution in [-0.4, -0.2) is 60.8 Å². The molecule has 2 aromatic rings. The van der Waals surface area contributed by atoms with Crippen molar-refractivity contribution in [1.82, 2.24) is 15.1 Å². The van der Waals surface area contributed by atoms with Crippen LogP contribution in [0.4, 0.5) is 5.13 Å². The molecule has 2 amide bonds. The number of hydrogen-bond acceptors (Lipinski definition) is 7. The first-order valence-electron chi connectivity index (χ1n) is 11.6. The van der Waals surface area contributed by atoms with Crippen molar-refractivity contribution in [1.29, 1.82) is 0 Å². The van der Waals surface area contributed by atoms with Gasteiger partial charge >= 0.3 is 0 Å². The number of methoxy groups -OCH3 is 2. The van der Waals surface area contributed by atoms with E-state index in [1.807, 2.05) is 24.3 Å². The van der Waals surface area contributed by atoms with Gasteiger partial charge in [-0.15, -0.1) is 10.2 Å². The van der Waals surface area contributed by atoms with E-state index in [9.17, 15) is 9.59 Å². The van der Waals surface area contributed by atoms with Gasteiger partial charge in [-0.25, -0.2) is 0 Å². The highest BCUT2D eigenvalue weighted by Crippen LogP contribution is 2.27. The SMILES string of the molecule is CCCCCCCCC(=O)N(CCOC)CCC(=O)Nc1nnc(-c2ccc(OC)cc2)s1. The van der Waals surface area contributed by atoms with Gasteiger partial charge in [0.15, 0.2) is 0 Å². The number of ether oxygens (including phenoxy) is 2. The minimum Gasteiger partial charge on any atom is -0.497 e. The highest BCUT2D eigenvalue weighted by atomic mass is 32.1. The number of benzene rings is 1. The van der Waals surface area contributed by atoms with Crippen LogP contribution in [0.2, 0.25) is 0 Å². The van der Waals surface area contributed by atoms with E-state index in [-0.39, 0.29) is 18.2 Å². The van der Waals surface area contributed by atoms with Crippen molar-refractivity contribution in [2.75, 3.05) is 39.2 Å². The number of amides is 2. The molecule has 182 valence electrons. The molecule has 9 heteroatoms. The average Bonchev–Trinajstić information content (AvgIpc) is 3.29. The average molecular weight is 477 g/mol. The van der Waals surface area contributed by atoms with Crippen LogP contribution in [0.3, 0.4) is 0 Å². The molecule has 0 spiro atoms. The number of hydrogen-bond donors (Lipinski definition) is 1. The highest BCUT2D eigenvalue weighted by molar-refractivity contribution is 7.18. The summed E-state index contributed by atoms with van der Waals surface area (Å²) in [5.74, 6) is 0.649. The third-order valence-electron chi connectivity index (χ3n) is 5.28. The number of rotatable bonds is 16. The third-order valence-corrected chi connectivity index (χ3v) is 6.17. The van der Waals surface area contributed by atoms with Crippen LogP contribution in [0.25, 0.3) is 10.6 Å². The standard InChI is InChI=1S/C24H36N4O4S/c1-4-5-6-7-8-9-10-22(30)28(17-18-31-2)16-15-21(29)25-24-27-26-23(33-24)19-11-13-20(32-3)14-12-19/h11-14H,4-10,15-18H2,1-3H3,(H,25,27,29). The maximum atomic E-state index is 12.6. The van der Waals surface area contributed by atoms with E-state index in [1.54, 1.807) is 19.1 Å². The number of anilines is 1.